The number of carbonyl (C=O) groups is 1. The maximum Gasteiger partial charge on any atom is 0.417 e. The van der Waals surface area contributed by atoms with Gasteiger partial charge in [0, 0.05) is 6.54 Å². The molecule has 0 heterocycles. The van der Waals surface area contributed by atoms with Crippen molar-refractivity contribution in [1.29, 1.82) is 0 Å². The molecule has 1 aromatic carbocycles. The zero-order valence-corrected chi connectivity index (χ0v) is 11.0. The molecular weight excluding hydrogens is 281 g/mol. The third kappa shape index (κ3) is 5.48. The Bertz CT molecular complexity index is 410. The Labute approximate surface area is 115 Å². The van der Waals surface area contributed by atoms with E-state index < -0.39 is 17.6 Å². The van der Waals surface area contributed by atoms with Gasteiger partial charge in [-0.3, -0.25) is 4.79 Å². The van der Waals surface area contributed by atoms with Crippen molar-refractivity contribution in [3.05, 3.63) is 35.4 Å². The van der Waals surface area contributed by atoms with Crippen LogP contribution in [0.15, 0.2) is 24.3 Å². The van der Waals surface area contributed by atoms with Crippen molar-refractivity contribution in [2.24, 2.45) is 5.73 Å². The molecule has 3 nitrogen and oxygen atoms in total. The summed E-state index contributed by atoms with van der Waals surface area (Å²) in [7, 11) is 0. The molecule has 1 amide bonds. The summed E-state index contributed by atoms with van der Waals surface area (Å²) < 4.78 is 38.0. The van der Waals surface area contributed by atoms with E-state index in [2.05, 4.69) is 5.32 Å². The number of alkyl halides is 3. The fourth-order valence-electron chi connectivity index (χ4n) is 1.49. The van der Waals surface area contributed by atoms with Crippen LogP contribution in [-0.2, 0) is 6.18 Å². The molecule has 0 radical (unpaired) electrons. The zero-order chi connectivity index (χ0) is 13.6. The number of rotatable bonds is 5. The van der Waals surface area contributed by atoms with E-state index in [4.69, 9.17) is 5.73 Å². The first-order valence-corrected chi connectivity index (χ1v) is 5.61. The lowest BCUT2D eigenvalue weighted by molar-refractivity contribution is -0.137. The smallest absolute Gasteiger partial charge is 0.352 e. The Kier molecular flexibility index (Phi) is 7.48. The summed E-state index contributed by atoms with van der Waals surface area (Å²) >= 11 is 0. The number of carbonyl (C=O) groups excluding carboxylic acids is 1. The Morgan fingerprint density at radius 1 is 1.21 bits per heavy atom. The van der Waals surface area contributed by atoms with Gasteiger partial charge < -0.3 is 11.1 Å². The number of nitrogens with two attached hydrogens (primary N) is 1. The fraction of sp³-hybridized carbons (Fsp3) is 0.417. The molecule has 0 aromatic heterocycles. The van der Waals surface area contributed by atoms with Crippen LogP contribution >= 0.6 is 12.4 Å². The average molecular weight is 297 g/mol. The van der Waals surface area contributed by atoms with E-state index >= 15 is 0 Å². The highest BCUT2D eigenvalue weighted by molar-refractivity contribution is 5.95. The molecule has 7 heteroatoms. The summed E-state index contributed by atoms with van der Waals surface area (Å²) in [5, 5.41) is 2.45. The van der Waals surface area contributed by atoms with Crippen LogP contribution in [0.3, 0.4) is 0 Å². The molecular formula is C12H16ClF3N2O. The van der Waals surface area contributed by atoms with Crippen LogP contribution in [0, 0.1) is 0 Å². The zero-order valence-electron chi connectivity index (χ0n) is 10.2. The van der Waals surface area contributed by atoms with E-state index in [1.54, 1.807) is 0 Å². The average Bonchev–Trinajstić information content (AvgIpc) is 2.33. The lowest BCUT2D eigenvalue weighted by Crippen LogP contribution is -2.27. The minimum atomic E-state index is -4.52. The van der Waals surface area contributed by atoms with Gasteiger partial charge in [0.15, 0.2) is 0 Å². The topological polar surface area (TPSA) is 55.1 Å². The molecule has 0 aliphatic carbocycles. The van der Waals surface area contributed by atoms with Gasteiger partial charge in [-0.25, -0.2) is 0 Å². The van der Waals surface area contributed by atoms with E-state index in [-0.39, 0.29) is 18.0 Å². The first-order chi connectivity index (χ1) is 8.46. The summed E-state index contributed by atoms with van der Waals surface area (Å²) in [5.41, 5.74) is 4.01. The second-order valence-corrected chi connectivity index (χ2v) is 3.80. The molecule has 1 aromatic rings. The SMILES string of the molecule is Cl.NCCCCNC(=O)c1ccccc1C(F)(F)F. The van der Waals surface area contributed by atoms with Crippen molar-refractivity contribution < 1.29 is 18.0 Å². The molecule has 0 atom stereocenters. The molecule has 19 heavy (non-hydrogen) atoms. The molecule has 0 bridgehead atoms. The van der Waals surface area contributed by atoms with Gasteiger partial charge in [-0.1, -0.05) is 12.1 Å². The van der Waals surface area contributed by atoms with E-state index in [0.717, 1.165) is 12.5 Å². The van der Waals surface area contributed by atoms with Crippen LogP contribution in [0.5, 0.6) is 0 Å². The van der Waals surface area contributed by atoms with Crippen molar-refractivity contribution in [1.82, 2.24) is 5.32 Å². The summed E-state index contributed by atoms with van der Waals surface area (Å²) in [6.07, 6.45) is -3.15. The van der Waals surface area contributed by atoms with Gasteiger partial charge in [0.1, 0.15) is 0 Å². The van der Waals surface area contributed by atoms with Crippen molar-refractivity contribution >= 4 is 18.3 Å². The molecule has 0 saturated heterocycles. The molecule has 1 rings (SSSR count). The standard InChI is InChI=1S/C12H15F3N2O.ClH/c13-12(14,15)10-6-2-1-5-9(10)11(18)17-8-4-3-7-16;/h1-2,5-6H,3-4,7-8,16H2,(H,17,18);1H. The molecule has 0 fully saturated rings. The Morgan fingerprint density at radius 3 is 2.42 bits per heavy atom. The Hall–Kier alpha value is -1.27. The minimum Gasteiger partial charge on any atom is -0.352 e. The largest absolute Gasteiger partial charge is 0.417 e. The van der Waals surface area contributed by atoms with Crippen molar-refractivity contribution in [3.8, 4) is 0 Å². The van der Waals surface area contributed by atoms with Crippen molar-refractivity contribution in [2.45, 2.75) is 19.0 Å². The molecule has 0 unspecified atom stereocenters. The molecule has 0 aliphatic heterocycles. The van der Waals surface area contributed by atoms with Gasteiger partial charge in [0.25, 0.3) is 5.91 Å². The molecule has 0 aliphatic rings. The number of benzene rings is 1. The van der Waals surface area contributed by atoms with Gasteiger partial charge in [0.2, 0.25) is 0 Å². The minimum absolute atomic E-state index is 0. The Balaban J connectivity index is 0.00000324. The summed E-state index contributed by atoms with van der Waals surface area (Å²) in [5.74, 6) is -0.708. The van der Waals surface area contributed by atoms with E-state index in [1.165, 1.54) is 18.2 Å². The second-order valence-electron chi connectivity index (χ2n) is 3.80. The van der Waals surface area contributed by atoms with Gasteiger partial charge in [-0.05, 0) is 31.5 Å². The summed E-state index contributed by atoms with van der Waals surface area (Å²) in [4.78, 5) is 11.6. The molecule has 0 spiro atoms. The second kappa shape index (κ2) is 8.01. The number of unbranched alkanes of at least 4 members (excludes halogenated alkanes) is 1. The predicted octanol–water partition coefficient (Wildman–Crippen LogP) is 2.60. The third-order valence-electron chi connectivity index (χ3n) is 2.39. The number of amides is 1. The normalized spacial score (nSPS) is 10.7. The van der Waals surface area contributed by atoms with Crippen LogP contribution in [0.1, 0.15) is 28.8 Å². The predicted molar refractivity (Wildman–Crippen MR) is 69.3 cm³/mol. The maximum absolute atomic E-state index is 12.7. The summed E-state index contributed by atoms with van der Waals surface area (Å²) in [6.45, 7) is 0.817. The fourth-order valence-corrected chi connectivity index (χ4v) is 1.49. The number of hydrogen-bond acceptors (Lipinski definition) is 2. The highest BCUT2D eigenvalue weighted by Crippen LogP contribution is 2.31. The van der Waals surface area contributed by atoms with Gasteiger partial charge in [-0.2, -0.15) is 13.2 Å². The van der Waals surface area contributed by atoms with Gasteiger partial charge >= 0.3 is 6.18 Å². The van der Waals surface area contributed by atoms with Crippen LogP contribution in [-0.4, -0.2) is 19.0 Å². The van der Waals surface area contributed by atoms with Crippen molar-refractivity contribution in [2.75, 3.05) is 13.1 Å². The quantitative estimate of drug-likeness (QED) is 0.821. The maximum atomic E-state index is 12.7. The van der Waals surface area contributed by atoms with E-state index in [0.29, 0.717) is 19.5 Å². The van der Waals surface area contributed by atoms with Crippen LogP contribution in [0.25, 0.3) is 0 Å². The third-order valence-corrected chi connectivity index (χ3v) is 2.39. The number of nitrogens with one attached hydrogen (secondary N) is 1. The first kappa shape index (κ1) is 17.7. The summed E-state index contributed by atoms with van der Waals surface area (Å²) in [6, 6.07) is 4.73. The number of halogens is 4. The lowest BCUT2D eigenvalue weighted by Gasteiger charge is -2.12. The monoisotopic (exact) mass is 296 g/mol. The van der Waals surface area contributed by atoms with Crippen LogP contribution in [0.4, 0.5) is 13.2 Å². The van der Waals surface area contributed by atoms with Crippen molar-refractivity contribution in [3.63, 3.8) is 0 Å². The van der Waals surface area contributed by atoms with E-state index in [1.807, 2.05) is 0 Å². The molecule has 0 saturated carbocycles. The lowest BCUT2D eigenvalue weighted by atomic mass is 10.1. The highest BCUT2D eigenvalue weighted by atomic mass is 35.5. The number of hydrogen-bond donors (Lipinski definition) is 2. The van der Waals surface area contributed by atoms with Crippen LogP contribution in [0.2, 0.25) is 0 Å². The van der Waals surface area contributed by atoms with Gasteiger partial charge in [0.05, 0.1) is 11.1 Å². The first-order valence-electron chi connectivity index (χ1n) is 5.61. The molecule has 108 valence electrons. The van der Waals surface area contributed by atoms with Gasteiger partial charge in [-0.15, -0.1) is 12.4 Å². The van der Waals surface area contributed by atoms with E-state index in [9.17, 15) is 18.0 Å². The molecule has 3 N–H and O–H groups in total. The Morgan fingerprint density at radius 2 is 1.84 bits per heavy atom. The van der Waals surface area contributed by atoms with Crippen LogP contribution < -0.4 is 11.1 Å². The highest BCUT2D eigenvalue weighted by Gasteiger charge is 2.34.